The third-order valence-electron chi connectivity index (χ3n) is 9.57. The van der Waals surface area contributed by atoms with Crippen LogP contribution in [0.25, 0.3) is 11.1 Å². The van der Waals surface area contributed by atoms with Gasteiger partial charge in [-0.25, -0.2) is 0 Å². The van der Waals surface area contributed by atoms with Crippen molar-refractivity contribution in [2.75, 3.05) is 0 Å². The molecule has 0 aromatic heterocycles. The van der Waals surface area contributed by atoms with Gasteiger partial charge in [0.15, 0.2) is 0 Å². The third-order valence-corrected chi connectivity index (χ3v) is 37.7. The van der Waals surface area contributed by atoms with Crippen LogP contribution in [0.2, 0.25) is 0 Å². The maximum Gasteiger partial charge on any atom is -1.00 e. The van der Waals surface area contributed by atoms with Crippen molar-refractivity contribution >= 4 is 27.0 Å². The van der Waals surface area contributed by atoms with Gasteiger partial charge >= 0.3 is 275 Å². The summed E-state index contributed by atoms with van der Waals surface area (Å²) in [5.41, 5.74) is 10.7. The Morgan fingerprint density at radius 2 is 0.935 bits per heavy atom. The van der Waals surface area contributed by atoms with Gasteiger partial charge in [0, 0.05) is 0 Å². The standard InChI is InChI=1S/2C15H17.C12H10Si.2ClH.Hf/c2*1-4-13-6-5-7-14(10-13)15-9-11(2)8-12(15)3;1-3-7-11(8-4-1)13-12-9-5-2-6-10-12;;;/h2*5-7,9-11H,4H2,1-3H3;1-10H;2*1H;/q;;;;;+2/p-2. The zero-order valence-electron chi connectivity index (χ0n) is 27.9. The topological polar surface area (TPSA) is 0 Å². The Labute approximate surface area is 297 Å². The second-order valence-corrected chi connectivity index (χ2v) is 30.4. The molecule has 4 aromatic rings. The van der Waals surface area contributed by atoms with Crippen LogP contribution in [0, 0.1) is 11.8 Å². The summed E-state index contributed by atoms with van der Waals surface area (Å²) in [6.07, 6.45) is 7.35. The number of benzene rings is 4. The van der Waals surface area contributed by atoms with Gasteiger partial charge in [-0.1, -0.05) is 0 Å². The fourth-order valence-electron chi connectivity index (χ4n) is 7.34. The zero-order valence-corrected chi connectivity index (χ0v) is 34.0. The molecule has 0 heterocycles. The summed E-state index contributed by atoms with van der Waals surface area (Å²) in [6, 6.07) is 41.8. The Balaban J connectivity index is 0.00000240. The third kappa shape index (κ3) is 7.16. The maximum absolute atomic E-state index is 2.85. The summed E-state index contributed by atoms with van der Waals surface area (Å²) in [5.74, 6) is 0.926. The van der Waals surface area contributed by atoms with Gasteiger partial charge in [-0.05, 0) is 0 Å². The normalized spacial score (nSPS) is 17.1. The van der Waals surface area contributed by atoms with Gasteiger partial charge in [-0.2, -0.15) is 0 Å². The molecule has 0 spiro atoms. The summed E-state index contributed by atoms with van der Waals surface area (Å²) in [6.45, 7) is 14.4. The number of hydrogen-bond donors (Lipinski definition) is 0. The molecule has 2 aliphatic rings. The second kappa shape index (κ2) is 16.1. The fourth-order valence-corrected chi connectivity index (χ4v) is 40.8. The van der Waals surface area contributed by atoms with Crippen LogP contribution >= 0.6 is 0 Å². The van der Waals surface area contributed by atoms with Crippen molar-refractivity contribution in [3.05, 3.63) is 161 Å². The molecule has 0 amide bonds. The maximum atomic E-state index is 2.61. The number of aryl methyl sites for hydroxylation is 2. The van der Waals surface area contributed by atoms with E-state index in [1.165, 1.54) is 33.4 Å². The van der Waals surface area contributed by atoms with Crippen molar-refractivity contribution in [1.82, 2.24) is 0 Å². The average Bonchev–Trinajstić information content (AvgIpc) is 3.53. The van der Waals surface area contributed by atoms with Gasteiger partial charge in [0.05, 0.1) is 0 Å². The molecule has 2 unspecified atom stereocenters. The first-order valence-corrected chi connectivity index (χ1v) is 26.8. The van der Waals surface area contributed by atoms with Crippen molar-refractivity contribution in [2.45, 2.75) is 54.4 Å². The Hall–Kier alpha value is -2.49. The van der Waals surface area contributed by atoms with E-state index < -0.39 is 25.6 Å². The van der Waals surface area contributed by atoms with Crippen molar-refractivity contribution in [2.24, 2.45) is 11.8 Å². The van der Waals surface area contributed by atoms with Crippen LogP contribution in [0.4, 0.5) is 0 Å². The minimum atomic E-state index is -2.85. The first-order valence-electron chi connectivity index (χ1n) is 16.3. The summed E-state index contributed by atoms with van der Waals surface area (Å²) >= 11 is -2.85. The van der Waals surface area contributed by atoms with E-state index in [0.29, 0.717) is 11.8 Å². The molecule has 0 nitrogen and oxygen atoms in total. The van der Waals surface area contributed by atoms with Crippen molar-refractivity contribution in [3.63, 3.8) is 0 Å². The predicted octanol–water partition coefficient (Wildman–Crippen LogP) is 3.56. The van der Waals surface area contributed by atoms with E-state index in [1.807, 2.05) is 6.66 Å². The van der Waals surface area contributed by atoms with Crippen LogP contribution < -0.4 is 35.2 Å². The Morgan fingerprint density at radius 1 is 0.543 bits per heavy atom. The number of halogens is 2. The molecule has 46 heavy (non-hydrogen) atoms. The SMILES string of the molecule is CCc1cccc(C2=CC(C)[C]([Hf+2]([C]3=C(C)C(c4cccc(CC)c4)=CC3C)=[Si](c3ccccc3)c3ccccc3)=C2C)c1.[Cl-].[Cl-]. The van der Waals surface area contributed by atoms with Crippen LogP contribution in [-0.4, -0.2) is 5.49 Å². The van der Waals surface area contributed by atoms with Gasteiger partial charge in [0.25, 0.3) is 0 Å². The van der Waals surface area contributed by atoms with Crippen LogP contribution in [-0.2, 0) is 32.9 Å². The van der Waals surface area contributed by atoms with Gasteiger partial charge in [0.2, 0.25) is 0 Å². The summed E-state index contributed by atoms with van der Waals surface area (Å²) in [7, 11) is 0. The van der Waals surface area contributed by atoms with Crippen molar-refractivity contribution in [3.8, 4) is 0 Å². The summed E-state index contributed by atoms with van der Waals surface area (Å²) in [4.78, 5) is 0. The Bertz CT molecular complexity index is 1730. The van der Waals surface area contributed by atoms with Crippen LogP contribution in [0.3, 0.4) is 0 Å². The van der Waals surface area contributed by atoms with Gasteiger partial charge < -0.3 is 24.8 Å². The molecule has 0 bridgehead atoms. The Kier molecular flexibility index (Phi) is 12.7. The summed E-state index contributed by atoms with van der Waals surface area (Å²) in [5, 5.41) is 3.16. The molecule has 0 N–H and O–H groups in total. The molecule has 0 saturated carbocycles. The molecule has 6 rings (SSSR count). The van der Waals surface area contributed by atoms with E-state index in [2.05, 4.69) is 163 Å². The minimum Gasteiger partial charge on any atom is -1.00 e. The molecule has 4 heteroatoms. The largest absolute Gasteiger partial charge is 1.00 e. The average molecular weight is 826 g/mol. The monoisotopic (exact) mass is 826 g/mol. The van der Waals surface area contributed by atoms with Gasteiger partial charge in [-0.15, -0.1) is 0 Å². The minimum absolute atomic E-state index is 0. The van der Waals surface area contributed by atoms with E-state index in [9.17, 15) is 0 Å². The van der Waals surface area contributed by atoms with Crippen molar-refractivity contribution < 1.29 is 44.9 Å². The number of rotatable bonds is 8. The van der Waals surface area contributed by atoms with Gasteiger partial charge in [-0.3, -0.25) is 0 Å². The number of allylic oxidation sites excluding steroid dienone is 8. The molecule has 0 saturated heterocycles. The van der Waals surface area contributed by atoms with E-state index >= 15 is 0 Å². The molecule has 4 aromatic carbocycles. The van der Waals surface area contributed by atoms with Crippen LogP contribution in [0.15, 0.2) is 139 Å². The molecule has 0 fully saturated rings. The fraction of sp³-hybridized carbons (Fsp3) is 0.238. The summed E-state index contributed by atoms with van der Waals surface area (Å²) < 4.78 is 3.65. The predicted molar refractivity (Wildman–Crippen MR) is 189 cm³/mol. The molecule has 234 valence electrons. The van der Waals surface area contributed by atoms with Crippen molar-refractivity contribution in [1.29, 1.82) is 0 Å². The molecule has 2 aliphatic carbocycles. The van der Waals surface area contributed by atoms with E-state index in [0.717, 1.165) is 12.8 Å². The molecular formula is C42H44Cl2HfSi. The van der Waals surface area contributed by atoms with E-state index in [-0.39, 0.29) is 24.8 Å². The van der Waals surface area contributed by atoms with Crippen LogP contribution in [0.5, 0.6) is 0 Å². The molecule has 0 aliphatic heterocycles. The Morgan fingerprint density at radius 3 is 1.30 bits per heavy atom. The quantitative estimate of drug-likeness (QED) is 0.239. The van der Waals surface area contributed by atoms with E-state index in [4.69, 9.17) is 0 Å². The van der Waals surface area contributed by atoms with Crippen LogP contribution in [0.1, 0.15) is 63.8 Å². The smallest absolute Gasteiger partial charge is 1.00 e. The zero-order chi connectivity index (χ0) is 30.8. The molecular weight excluding hydrogens is 782 g/mol. The number of hydrogen-bond acceptors (Lipinski definition) is 0. The van der Waals surface area contributed by atoms with Gasteiger partial charge in [0.1, 0.15) is 0 Å². The molecule has 0 radical (unpaired) electrons. The first kappa shape index (κ1) is 36.3. The van der Waals surface area contributed by atoms with E-state index in [1.54, 1.807) is 21.5 Å². The second-order valence-electron chi connectivity index (χ2n) is 12.4. The first-order chi connectivity index (χ1) is 21.4. The molecule has 2 atom stereocenters.